The summed E-state index contributed by atoms with van der Waals surface area (Å²) in [7, 11) is -1.97. The highest BCUT2D eigenvalue weighted by molar-refractivity contribution is 7.89. The monoisotopic (exact) mass is 285 g/mol. The number of hydrogen-bond acceptors (Lipinski definition) is 4. The lowest BCUT2D eigenvalue weighted by atomic mass is 10.1. The fraction of sp³-hybridized carbons (Fsp3) is 0.538. The topological polar surface area (TPSA) is 70.2 Å². The number of anilines is 1. The third-order valence-electron chi connectivity index (χ3n) is 2.52. The molecule has 0 aliphatic carbocycles. The summed E-state index contributed by atoms with van der Waals surface area (Å²) in [4.78, 5) is 0.267. The van der Waals surface area contributed by atoms with E-state index in [1.807, 2.05) is 6.07 Å². The normalized spacial score (nSPS) is 12.4. The van der Waals surface area contributed by atoms with Gasteiger partial charge in [0, 0.05) is 24.3 Å². The molecule has 0 saturated heterocycles. The molecule has 0 unspecified atom stereocenters. The van der Waals surface area contributed by atoms with Crippen LogP contribution in [-0.2, 0) is 10.0 Å². The Morgan fingerprint density at radius 2 is 1.84 bits per heavy atom. The van der Waals surface area contributed by atoms with Crippen LogP contribution in [0.15, 0.2) is 29.2 Å². The molecule has 3 N–H and O–H groups in total. The van der Waals surface area contributed by atoms with Gasteiger partial charge in [0.25, 0.3) is 0 Å². The van der Waals surface area contributed by atoms with Crippen molar-refractivity contribution in [1.82, 2.24) is 10.0 Å². The molecule has 1 rings (SSSR count). The van der Waals surface area contributed by atoms with Crippen molar-refractivity contribution in [3.8, 4) is 0 Å². The molecule has 0 aliphatic heterocycles. The molecule has 0 radical (unpaired) electrons. The van der Waals surface area contributed by atoms with Crippen molar-refractivity contribution in [3.05, 3.63) is 24.3 Å². The zero-order valence-corrected chi connectivity index (χ0v) is 12.8. The molecule has 19 heavy (non-hydrogen) atoms. The maximum Gasteiger partial charge on any atom is 0.240 e. The number of nitrogens with one attached hydrogen (secondary N) is 3. The van der Waals surface area contributed by atoms with Gasteiger partial charge in [0.2, 0.25) is 10.0 Å². The highest BCUT2D eigenvalue weighted by atomic mass is 32.2. The quantitative estimate of drug-likeness (QED) is 0.691. The Morgan fingerprint density at radius 1 is 1.16 bits per heavy atom. The van der Waals surface area contributed by atoms with Gasteiger partial charge in [-0.2, -0.15) is 0 Å². The van der Waals surface area contributed by atoms with Crippen molar-refractivity contribution >= 4 is 15.7 Å². The first-order valence-corrected chi connectivity index (χ1v) is 7.75. The van der Waals surface area contributed by atoms with Crippen LogP contribution in [0.1, 0.15) is 20.8 Å². The van der Waals surface area contributed by atoms with Crippen molar-refractivity contribution in [3.63, 3.8) is 0 Å². The Bertz CT molecular complexity index is 507. The lowest BCUT2D eigenvalue weighted by molar-refractivity contribution is 0.435. The second-order valence-corrected chi connectivity index (χ2v) is 7.23. The van der Waals surface area contributed by atoms with Gasteiger partial charge in [0.05, 0.1) is 4.90 Å². The second-order valence-electron chi connectivity index (χ2n) is 5.34. The van der Waals surface area contributed by atoms with Crippen LogP contribution in [-0.4, -0.2) is 34.1 Å². The van der Waals surface area contributed by atoms with Gasteiger partial charge in [0.1, 0.15) is 0 Å². The van der Waals surface area contributed by atoms with E-state index >= 15 is 0 Å². The highest BCUT2D eigenvalue weighted by Crippen LogP contribution is 2.14. The van der Waals surface area contributed by atoms with E-state index in [1.54, 1.807) is 18.2 Å². The number of hydrogen-bond donors (Lipinski definition) is 3. The maximum absolute atomic E-state index is 11.7. The van der Waals surface area contributed by atoms with Gasteiger partial charge in [0.15, 0.2) is 0 Å². The molecule has 0 atom stereocenters. The van der Waals surface area contributed by atoms with Gasteiger partial charge in [-0.15, -0.1) is 0 Å². The molecule has 0 saturated carbocycles. The summed E-state index contributed by atoms with van der Waals surface area (Å²) in [5.41, 5.74) is 0.881. The Hall–Kier alpha value is -1.11. The van der Waals surface area contributed by atoms with E-state index in [0.717, 1.165) is 18.8 Å². The Balaban J connectivity index is 2.59. The molecule has 0 heterocycles. The summed E-state index contributed by atoms with van der Waals surface area (Å²) in [5.74, 6) is 0. The minimum absolute atomic E-state index is 0.0823. The van der Waals surface area contributed by atoms with E-state index in [9.17, 15) is 8.42 Å². The molecule has 6 heteroatoms. The zero-order chi connectivity index (χ0) is 14.5. The predicted molar refractivity (Wildman–Crippen MR) is 78.9 cm³/mol. The molecule has 0 aliphatic rings. The molecule has 0 amide bonds. The fourth-order valence-corrected chi connectivity index (χ4v) is 2.31. The van der Waals surface area contributed by atoms with Crippen LogP contribution >= 0.6 is 0 Å². The van der Waals surface area contributed by atoms with Gasteiger partial charge in [-0.05, 0) is 46.0 Å². The number of sulfonamides is 1. The van der Waals surface area contributed by atoms with Crippen molar-refractivity contribution in [2.24, 2.45) is 0 Å². The molecule has 1 aromatic rings. The van der Waals surface area contributed by atoms with Crippen LogP contribution in [0.5, 0.6) is 0 Å². The lowest BCUT2D eigenvalue weighted by Gasteiger charge is -2.20. The minimum atomic E-state index is -3.38. The van der Waals surface area contributed by atoms with E-state index in [-0.39, 0.29) is 10.4 Å². The molecule has 108 valence electrons. The Labute approximate surface area is 115 Å². The number of benzene rings is 1. The summed E-state index contributed by atoms with van der Waals surface area (Å²) in [5, 5.41) is 6.55. The minimum Gasteiger partial charge on any atom is -0.384 e. The standard InChI is InChI=1S/C13H23N3O2S/c1-13(2,3)16-9-8-15-11-6-5-7-12(10-11)19(17,18)14-4/h5-7,10,14-16H,8-9H2,1-4H3. The Morgan fingerprint density at radius 3 is 2.42 bits per heavy atom. The maximum atomic E-state index is 11.7. The summed E-state index contributed by atoms with van der Waals surface area (Å²) in [6, 6.07) is 6.78. The van der Waals surface area contributed by atoms with E-state index < -0.39 is 10.0 Å². The highest BCUT2D eigenvalue weighted by Gasteiger charge is 2.11. The lowest BCUT2D eigenvalue weighted by Crippen LogP contribution is -2.38. The van der Waals surface area contributed by atoms with Crippen molar-refractivity contribution < 1.29 is 8.42 Å². The second kappa shape index (κ2) is 6.36. The first-order chi connectivity index (χ1) is 8.74. The molecule has 1 aromatic carbocycles. The van der Waals surface area contributed by atoms with E-state index in [4.69, 9.17) is 0 Å². The zero-order valence-electron chi connectivity index (χ0n) is 11.9. The number of rotatable bonds is 6. The SMILES string of the molecule is CNS(=O)(=O)c1cccc(NCCNC(C)(C)C)c1. The van der Waals surface area contributed by atoms with Crippen LogP contribution in [0.4, 0.5) is 5.69 Å². The van der Waals surface area contributed by atoms with Crippen LogP contribution in [0.2, 0.25) is 0 Å². The summed E-state index contributed by atoms with van der Waals surface area (Å²) in [6.45, 7) is 7.86. The molecular weight excluding hydrogens is 262 g/mol. The van der Waals surface area contributed by atoms with E-state index in [0.29, 0.717) is 0 Å². The van der Waals surface area contributed by atoms with Crippen LogP contribution in [0, 0.1) is 0 Å². The molecule has 0 aromatic heterocycles. The van der Waals surface area contributed by atoms with E-state index in [2.05, 4.69) is 36.1 Å². The average molecular weight is 285 g/mol. The summed E-state index contributed by atoms with van der Waals surface area (Å²) >= 11 is 0. The molecule has 0 spiro atoms. The van der Waals surface area contributed by atoms with Gasteiger partial charge in [-0.1, -0.05) is 6.07 Å². The van der Waals surface area contributed by atoms with Gasteiger partial charge >= 0.3 is 0 Å². The van der Waals surface area contributed by atoms with Gasteiger partial charge < -0.3 is 10.6 Å². The first-order valence-electron chi connectivity index (χ1n) is 6.27. The third-order valence-corrected chi connectivity index (χ3v) is 3.93. The molecular formula is C13H23N3O2S. The first kappa shape index (κ1) is 15.9. The van der Waals surface area contributed by atoms with Gasteiger partial charge in [-0.3, -0.25) is 0 Å². The molecule has 0 bridgehead atoms. The summed E-state index contributed by atoms with van der Waals surface area (Å²) < 4.78 is 25.6. The van der Waals surface area contributed by atoms with Crippen molar-refractivity contribution in [2.45, 2.75) is 31.2 Å². The Kier molecular flexibility index (Phi) is 5.34. The van der Waals surface area contributed by atoms with E-state index in [1.165, 1.54) is 7.05 Å². The molecule has 5 nitrogen and oxygen atoms in total. The van der Waals surface area contributed by atoms with Gasteiger partial charge in [-0.25, -0.2) is 13.1 Å². The smallest absolute Gasteiger partial charge is 0.240 e. The largest absolute Gasteiger partial charge is 0.384 e. The molecule has 0 fully saturated rings. The predicted octanol–water partition coefficient (Wildman–Crippen LogP) is 1.39. The van der Waals surface area contributed by atoms with Crippen LogP contribution in [0.3, 0.4) is 0 Å². The third kappa shape index (κ3) is 5.59. The fourth-order valence-electron chi connectivity index (χ4n) is 1.54. The van der Waals surface area contributed by atoms with Crippen molar-refractivity contribution in [2.75, 3.05) is 25.5 Å². The summed E-state index contributed by atoms with van der Waals surface area (Å²) in [6.07, 6.45) is 0. The average Bonchev–Trinajstić information content (AvgIpc) is 2.34. The van der Waals surface area contributed by atoms with Crippen molar-refractivity contribution in [1.29, 1.82) is 0 Å². The van der Waals surface area contributed by atoms with Crippen LogP contribution in [0.25, 0.3) is 0 Å². The van der Waals surface area contributed by atoms with Crippen LogP contribution < -0.4 is 15.4 Å².